The van der Waals surface area contributed by atoms with E-state index in [1.54, 1.807) is 0 Å². The van der Waals surface area contributed by atoms with Crippen LogP contribution in [0.2, 0.25) is 0 Å². The molecule has 1 aromatic rings. The van der Waals surface area contributed by atoms with Crippen LogP contribution in [0.4, 0.5) is 0 Å². The molecule has 1 rings (SSSR count). The number of hydrogen-bond acceptors (Lipinski definition) is 2. The van der Waals surface area contributed by atoms with Gasteiger partial charge in [0, 0.05) is 0 Å². The van der Waals surface area contributed by atoms with Gasteiger partial charge >= 0.3 is 5.97 Å². The molecule has 22 heavy (non-hydrogen) atoms. The number of hydrogen-bond donors (Lipinski definition) is 2. The number of aryl methyl sites for hydroxylation is 1. The Morgan fingerprint density at radius 3 is 2.41 bits per heavy atom. The molecule has 0 saturated carbocycles. The summed E-state index contributed by atoms with van der Waals surface area (Å²) in [7, 11) is 0. The van der Waals surface area contributed by atoms with Gasteiger partial charge in [0.1, 0.15) is 6.04 Å². The maximum absolute atomic E-state index is 11.1. The van der Waals surface area contributed by atoms with Crippen molar-refractivity contribution in [3.63, 3.8) is 0 Å². The monoisotopic (exact) mass is 305 g/mol. The second-order valence-electron chi connectivity index (χ2n) is 5.99. The van der Waals surface area contributed by atoms with Crippen LogP contribution in [0.3, 0.4) is 0 Å². The summed E-state index contributed by atoms with van der Waals surface area (Å²) in [6, 6.07) is 10.3. The van der Waals surface area contributed by atoms with Gasteiger partial charge in [-0.2, -0.15) is 0 Å². The summed E-state index contributed by atoms with van der Waals surface area (Å²) >= 11 is 0. The van der Waals surface area contributed by atoms with E-state index >= 15 is 0 Å². The molecule has 0 spiro atoms. The van der Waals surface area contributed by atoms with Crippen molar-refractivity contribution in [2.75, 3.05) is 6.54 Å². The highest BCUT2D eigenvalue weighted by Crippen LogP contribution is 2.09. The number of carboxylic acids is 1. The molecule has 0 heterocycles. The van der Waals surface area contributed by atoms with E-state index in [0.717, 1.165) is 38.6 Å². The van der Waals surface area contributed by atoms with Crippen LogP contribution in [0, 0.1) is 0 Å². The Balaban J connectivity index is 1.97. The molecular formula is C19H31NO2. The van der Waals surface area contributed by atoms with Gasteiger partial charge in [0.25, 0.3) is 0 Å². The van der Waals surface area contributed by atoms with Crippen LogP contribution in [0.5, 0.6) is 0 Å². The Hall–Kier alpha value is -1.35. The first-order valence-corrected chi connectivity index (χ1v) is 8.74. The minimum Gasteiger partial charge on any atom is -0.480 e. The topological polar surface area (TPSA) is 49.3 Å². The molecule has 0 fully saturated rings. The summed E-state index contributed by atoms with van der Waals surface area (Å²) < 4.78 is 0. The van der Waals surface area contributed by atoms with Gasteiger partial charge in [-0.15, -0.1) is 0 Å². The third-order valence-electron chi connectivity index (χ3n) is 4.02. The lowest BCUT2D eigenvalue weighted by Gasteiger charge is -2.13. The molecule has 0 bridgehead atoms. The largest absolute Gasteiger partial charge is 0.480 e. The number of nitrogens with one attached hydrogen (secondary N) is 1. The quantitative estimate of drug-likeness (QED) is 0.531. The lowest BCUT2D eigenvalue weighted by molar-refractivity contribution is -0.139. The zero-order valence-electron chi connectivity index (χ0n) is 13.9. The van der Waals surface area contributed by atoms with E-state index in [-0.39, 0.29) is 6.04 Å². The van der Waals surface area contributed by atoms with E-state index < -0.39 is 5.97 Å². The first-order chi connectivity index (χ1) is 10.7. The van der Waals surface area contributed by atoms with Gasteiger partial charge in [-0.1, -0.05) is 69.4 Å². The molecule has 3 nitrogen and oxygen atoms in total. The molecule has 0 unspecified atom stereocenters. The second-order valence-corrected chi connectivity index (χ2v) is 5.99. The Morgan fingerprint density at radius 2 is 1.73 bits per heavy atom. The van der Waals surface area contributed by atoms with Crippen LogP contribution in [-0.4, -0.2) is 23.7 Å². The fourth-order valence-corrected chi connectivity index (χ4v) is 2.63. The lowest BCUT2D eigenvalue weighted by atomic mass is 10.1. The molecule has 1 aromatic carbocycles. The molecule has 0 amide bonds. The zero-order chi connectivity index (χ0) is 16.0. The Morgan fingerprint density at radius 1 is 1.05 bits per heavy atom. The van der Waals surface area contributed by atoms with E-state index in [2.05, 4.69) is 42.6 Å². The van der Waals surface area contributed by atoms with Crippen molar-refractivity contribution in [2.45, 2.75) is 70.8 Å². The average Bonchev–Trinajstić information content (AvgIpc) is 2.53. The summed E-state index contributed by atoms with van der Waals surface area (Å²) in [6.07, 6.45) is 9.92. The summed E-state index contributed by atoms with van der Waals surface area (Å²) in [6.45, 7) is 2.91. The third-order valence-corrected chi connectivity index (χ3v) is 4.02. The van der Waals surface area contributed by atoms with E-state index in [4.69, 9.17) is 5.11 Å². The van der Waals surface area contributed by atoms with Gasteiger partial charge in [0.15, 0.2) is 0 Å². The minimum absolute atomic E-state index is 0.363. The van der Waals surface area contributed by atoms with E-state index in [9.17, 15) is 4.79 Å². The predicted molar refractivity (Wildman–Crippen MR) is 92.2 cm³/mol. The maximum Gasteiger partial charge on any atom is 0.320 e. The maximum atomic E-state index is 11.1. The number of rotatable bonds is 13. The summed E-state index contributed by atoms with van der Waals surface area (Å²) in [5, 5.41) is 12.3. The first kappa shape index (κ1) is 18.7. The smallest absolute Gasteiger partial charge is 0.320 e. The normalized spacial score (nSPS) is 12.2. The van der Waals surface area contributed by atoms with Gasteiger partial charge in [-0.25, -0.2) is 0 Å². The van der Waals surface area contributed by atoms with E-state index in [1.807, 2.05) is 0 Å². The van der Waals surface area contributed by atoms with Crippen molar-refractivity contribution >= 4 is 5.97 Å². The Kier molecular flexibility index (Phi) is 10.4. The highest BCUT2D eigenvalue weighted by molar-refractivity contribution is 5.73. The van der Waals surface area contributed by atoms with Crippen molar-refractivity contribution in [1.29, 1.82) is 0 Å². The van der Waals surface area contributed by atoms with Crippen molar-refractivity contribution in [3.8, 4) is 0 Å². The molecule has 124 valence electrons. The second kappa shape index (κ2) is 12.2. The van der Waals surface area contributed by atoms with Crippen LogP contribution >= 0.6 is 0 Å². The van der Waals surface area contributed by atoms with Crippen LogP contribution in [0.1, 0.15) is 63.9 Å². The number of benzene rings is 1. The van der Waals surface area contributed by atoms with E-state index in [0.29, 0.717) is 0 Å². The lowest BCUT2D eigenvalue weighted by Crippen LogP contribution is -2.37. The van der Waals surface area contributed by atoms with Gasteiger partial charge < -0.3 is 10.4 Å². The van der Waals surface area contributed by atoms with E-state index in [1.165, 1.54) is 31.2 Å². The van der Waals surface area contributed by atoms with Crippen molar-refractivity contribution in [3.05, 3.63) is 35.9 Å². The number of unbranched alkanes of at least 4 members (excludes halogenated alkanes) is 5. The zero-order valence-corrected chi connectivity index (χ0v) is 13.9. The molecule has 0 radical (unpaired) electrons. The summed E-state index contributed by atoms with van der Waals surface area (Å²) in [5.74, 6) is -0.712. The Bertz CT molecular complexity index is 392. The van der Waals surface area contributed by atoms with Crippen molar-refractivity contribution in [1.82, 2.24) is 5.32 Å². The third kappa shape index (κ3) is 8.83. The minimum atomic E-state index is -0.712. The number of carbonyl (C=O) groups is 1. The molecule has 0 aromatic heterocycles. The molecule has 0 aliphatic heterocycles. The Labute approximate surface area is 135 Å². The number of aliphatic carboxylic acids is 1. The molecule has 0 aliphatic carbocycles. The van der Waals surface area contributed by atoms with Crippen molar-refractivity contribution < 1.29 is 9.90 Å². The fraction of sp³-hybridized carbons (Fsp3) is 0.632. The molecule has 3 heteroatoms. The molecule has 2 N–H and O–H groups in total. The number of carboxylic acid groups (broad SMARTS) is 1. The molecule has 0 aliphatic rings. The molecular weight excluding hydrogens is 274 g/mol. The fourth-order valence-electron chi connectivity index (χ4n) is 2.63. The average molecular weight is 305 g/mol. The van der Waals surface area contributed by atoms with Crippen LogP contribution in [0.15, 0.2) is 30.3 Å². The summed E-state index contributed by atoms with van der Waals surface area (Å²) in [4.78, 5) is 11.1. The highest BCUT2D eigenvalue weighted by atomic mass is 16.4. The van der Waals surface area contributed by atoms with Gasteiger partial charge in [0.05, 0.1) is 0 Å². The van der Waals surface area contributed by atoms with Gasteiger partial charge in [0.2, 0.25) is 0 Å². The molecule has 1 atom stereocenters. The highest BCUT2D eigenvalue weighted by Gasteiger charge is 2.14. The first-order valence-electron chi connectivity index (χ1n) is 8.74. The SMILES string of the molecule is CCCC[C@H](NCCCCCCCc1ccccc1)C(=O)O. The van der Waals surface area contributed by atoms with Crippen LogP contribution in [0.25, 0.3) is 0 Å². The van der Waals surface area contributed by atoms with Crippen LogP contribution < -0.4 is 5.32 Å². The van der Waals surface area contributed by atoms with Crippen LogP contribution in [-0.2, 0) is 11.2 Å². The van der Waals surface area contributed by atoms with Crippen molar-refractivity contribution in [2.24, 2.45) is 0 Å². The summed E-state index contributed by atoms with van der Waals surface area (Å²) in [5.41, 5.74) is 1.42. The standard InChI is InChI=1S/C19H31NO2/c1-2-3-15-18(19(21)22)20-16-11-6-4-5-8-12-17-13-9-7-10-14-17/h7,9-10,13-14,18,20H,2-6,8,11-12,15-16H2,1H3,(H,21,22)/t18-/m0/s1. The van der Waals surface area contributed by atoms with Gasteiger partial charge in [-0.3, -0.25) is 4.79 Å². The van der Waals surface area contributed by atoms with Gasteiger partial charge in [-0.05, 0) is 37.8 Å². The molecule has 0 saturated heterocycles. The predicted octanol–water partition coefficient (Wildman–Crippen LogP) is 4.41.